The molecule has 6 heteroatoms. The quantitative estimate of drug-likeness (QED) is 0.777. The zero-order chi connectivity index (χ0) is 12.6. The van der Waals surface area contributed by atoms with Crippen molar-refractivity contribution in [1.82, 2.24) is 9.97 Å². The zero-order valence-corrected chi connectivity index (χ0v) is 8.84. The molecule has 0 aliphatic carbocycles. The molecule has 0 amide bonds. The fraction of sp³-hybridized carbons (Fsp3) is 0.0909. The van der Waals surface area contributed by atoms with E-state index in [1.165, 1.54) is 6.07 Å². The van der Waals surface area contributed by atoms with Crippen LogP contribution in [-0.4, -0.2) is 9.97 Å². The SMILES string of the molecule is Cc1nc(N)cc(-c2ccc(F)c(F)c2F)n1. The van der Waals surface area contributed by atoms with Crippen molar-refractivity contribution >= 4 is 5.82 Å². The van der Waals surface area contributed by atoms with Gasteiger partial charge in [0.25, 0.3) is 0 Å². The minimum absolute atomic E-state index is 0.117. The van der Waals surface area contributed by atoms with Gasteiger partial charge in [-0.3, -0.25) is 0 Å². The molecule has 1 aromatic heterocycles. The number of hydrogen-bond donors (Lipinski definition) is 1. The lowest BCUT2D eigenvalue weighted by Gasteiger charge is -2.05. The number of anilines is 1. The van der Waals surface area contributed by atoms with E-state index < -0.39 is 17.5 Å². The Bertz CT molecular complexity index is 564. The van der Waals surface area contributed by atoms with E-state index in [1.807, 2.05) is 0 Å². The van der Waals surface area contributed by atoms with E-state index in [-0.39, 0.29) is 17.1 Å². The highest BCUT2D eigenvalue weighted by atomic mass is 19.2. The highest BCUT2D eigenvalue weighted by Crippen LogP contribution is 2.25. The van der Waals surface area contributed by atoms with E-state index in [1.54, 1.807) is 6.92 Å². The molecule has 0 spiro atoms. The Morgan fingerprint density at radius 1 is 1.06 bits per heavy atom. The molecule has 0 aliphatic rings. The minimum Gasteiger partial charge on any atom is -0.384 e. The first kappa shape index (κ1) is 11.4. The molecule has 2 rings (SSSR count). The van der Waals surface area contributed by atoms with Gasteiger partial charge in [0, 0.05) is 11.6 Å². The number of benzene rings is 1. The third-order valence-corrected chi connectivity index (χ3v) is 2.17. The van der Waals surface area contributed by atoms with Crippen LogP contribution in [-0.2, 0) is 0 Å². The van der Waals surface area contributed by atoms with Crippen LogP contribution in [0, 0.1) is 24.4 Å². The first-order valence-corrected chi connectivity index (χ1v) is 4.74. The topological polar surface area (TPSA) is 51.8 Å². The van der Waals surface area contributed by atoms with Crippen LogP contribution in [0.4, 0.5) is 19.0 Å². The second kappa shape index (κ2) is 4.04. The van der Waals surface area contributed by atoms with Gasteiger partial charge >= 0.3 is 0 Å². The molecule has 0 bridgehead atoms. The number of aromatic nitrogens is 2. The Morgan fingerprint density at radius 2 is 1.76 bits per heavy atom. The van der Waals surface area contributed by atoms with Crippen molar-refractivity contribution in [1.29, 1.82) is 0 Å². The summed E-state index contributed by atoms with van der Waals surface area (Å²) in [5.74, 6) is -3.61. The summed E-state index contributed by atoms with van der Waals surface area (Å²) in [5.41, 5.74) is 5.44. The van der Waals surface area contributed by atoms with Gasteiger partial charge in [-0.15, -0.1) is 0 Å². The Labute approximate surface area is 95.1 Å². The summed E-state index contributed by atoms with van der Waals surface area (Å²) in [7, 11) is 0. The lowest BCUT2D eigenvalue weighted by molar-refractivity contribution is 0.449. The molecule has 1 aromatic carbocycles. The van der Waals surface area contributed by atoms with Crippen LogP contribution in [0.5, 0.6) is 0 Å². The van der Waals surface area contributed by atoms with Crippen LogP contribution in [0.1, 0.15) is 5.82 Å². The average molecular weight is 239 g/mol. The summed E-state index contributed by atoms with van der Waals surface area (Å²) in [4.78, 5) is 7.72. The van der Waals surface area contributed by atoms with Crippen molar-refractivity contribution in [2.45, 2.75) is 6.92 Å². The Balaban J connectivity index is 2.64. The van der Waals surface area contributed by atoms with Crippen LogP contribution in [0.3, 0.4) is 0 Å². The Hall–Kier alpha value is -2.11. The molecule has 2 aromatic rings. The molecule has 88 valence electrons. The van der Waals surface area contributed by atoms with Gasteiger partial charge in [0.05, 0.1) is 5.69 Å². The van der Waals surface area contributed by atoms with Crippen molar-refractivity contribution in [3.8, 4) is 11.3 Å². The number of aryl methyl sites for hydroxylation is 1. The minimum atomic E-state index is -1.53. The van der Waals surface area contributed by atoms with Gasteiger partial charge in [0.1, 0.15) is 11.6 Å². The molecule has 2 N–H and O–H groups in total. The van der Waals surface area contributed by atoms with Crippen molar-refractivity contribution in [3.05, 3.63) is 41.5 Å². The number of nitrogens with zero attached hydrogens (tertiary/aromatic N) is 2. The highest BCUT2D eigenvalue weighted by molar-refractivity contribution is 5.62. The summed E-state index contributed by atoms with van der Waals surface area (Å²) in [6.07, 6.45) is 0. The van der Waals surface area contributed by atoms with Gasteiger partial charge in [0.2, 0.25) is 0 Å². The van der Waals surface area contributed by atoms with Gasteiger partial charge in [-0.1, -0.05) is 0 Å². The van der Waals surface area contributed by atoms with Crippen LogP contribution in [0.15, 0.2) is 18.2 Å². The maximum atomic E-state index is 13.5. The largest absolute Gasteiger partial charge is 0.384 e. The first-order chi connectivity index (χ1) is 7.99. The molecule has 0 radical (unpaired) electrons. The van der Waals surface area contributed by atoms with Crippen LogP contribution in [0.25, 0.3) is 11.3 Å². The zero-order valence-electron chi connectivity index (χ0n) is 8.84. The molecule has 0 aliphatic heterocycles. The third kappa shape index (κ3) is 2.06. The third-order valence-electron chi connectivity index (χ3n) is 2.17. The Morgan fingerprint density at radius 3 is 2.41 bits per heavy atom. The molecule has 0 atom stereocenters. The van der Waals surface area contributed by atoms with E-state index in [2.05, 4.69) is 9.97 Å². The summed E-state index contributed by atoms with van der Waals surface area (Å²) in [6, 6.07) is 3.24. The molecule has 1 heterocycles. The second-order valence-electron chi connectivity index (χ2n) is 3.45. The monoisotopic (exact) mass is 239 g/mol. The summed E-state index contributed by atoms with van der Waals surface area (Å²) in [5, 5.41) is 0. The van der Waals surface area contributed by atoms with E-state index in [4.69, 9.17) is 5.73 Å². The van der Waals surface area contributed by atoms with Crippen molar-refractivity contribution in [3.63, 3.8) is 0 Å². The normalized spacial score (nSPS) is 10.6. The van der Waals surface area contributed by atoms with E-state index in [0.29, 0.717) is 5.82 Å². The van der Waals surface area contributed by atoms with Gasteiger partial charge < -0.3 is 5.73 Å². The molecular weight excluding hydrogens is 231 g/mol. The Kier molecular flexibility index (Phi) is 2.71. The van der Waals surface area contributed by atoms with E-state index in [0.717, 1.165) is 12.1 Å². The smallest absolute Gasteiger partial charge is 0.195 e. The van der Waals surface area contributed by atoms with Gasteiger partial charge in [-0.25, -0.2) is 23.1 Å². The summed E-state index contributed by atoms with van der Waals surface area (Å²) < 4.78 is 39.3. The van der Waals surface area contributed by atoms with Gasteiger partial charge in [0.15, 0.2) is 17.5 Å². The molecule has 0 saturated carbocycles. The van der Waals surface area contributed by atoms with Crippen molar-refractivity contribution in [2.75, 3.05) is 5.73 Å². The highest BCUT2D eigenvalue weighted by Gasteiger charge is 2.16. The molecule has 17 heavy (non-hydrogen) atoms. The lowest BCUT2D eigenvalue weighted by atomic mass is 10.1. The maximum absolute atomic E-state index is 13.5. The molecule has 0 fully saturated rings. The van der Waals surface area contributed by atoms with Gasteiger partial charge in [-0.05, 0) is 19.1 Å². The average Bonchev–Trinajstić information content (AvgIpc) is 2.24. The van der Waals surface area contributed by atoms with Crippen molar-refractivity contribution < 1.29 is 13.2 Å². The summed E-state index contributed by atoms with van der Waals surface area (Å²) >= 11 is 0. The molecule has 0 unspecified atom stereocenters. The lowest BCUT2D eigenvalue weighted by Crippen LogP contribution is -2.00. The number of halogens is 3. The number of nitrogen functional groups attached to an aromatic ring is 1. The van der Waals surface area contributed by atoms with E-state index >= 15 is 0 Å². The number of nitrogens with two attached hydrogens (primary N) is 1. The summed E-state index contributed by atoms with van der Waals surface area (Å²) in [6.45, 7) is 1.57. The maximum Gasteiger partial charge on any atom is 0.195 e. The molecule has 3 nitrogen and oxygen atoms in total. The second-order valence-corrected chi connectivity index (χ2v) is 3.45. The predicted molar refractivity (Wildman–Crippen MR) is 56.5 cm³/mol. The standard InChI is InChI=1S/C11H8F3N3/c1-5-16-8(4-9(15)17-5)6-2-3-7(12)11(14)10(6)13/h2-4H,1H3,(H2,15,16,17). The fourth-order valence-corrected chi connectivity index (χ4v) is 1.45. The fourth-order valence-electron chi connectivity index (χ4n) is 1.45. The van der Waals surface area contributed by atoms with Gasteiger partial charge in [-0.2, -0.15) is 0 Å². The predicted octanol–water partition coefficient (Wildman–Crippen LogP) is 2.45. The van der Waals surface area contributed by atoms with Crippen molar-refractivity contribution in [2.24, 2.45) is 0 Å². The van der Waals surface area contributed by atoms with Crippen LogP contribution >= 0.6 is 0 Å². The van der Waals surface area contributed by atoms with Crippen LogP contribution in [0.2, 0.25) is 0 Å². The van der Waals surface area contributed by atoms with Crippen LogP contribution < -0.4 is 5.73 Å². The van der Waals surface area contributed by atoms with E-state index in [9.17, 15) is 13.2 Å². The molecule has 0 saturated heterocycles. The first-order valence-electron chi connectivity index (χ1n) is 4.74. The molecular formula is C11H8F3N3. The number of hydrogen-bond acceptors (Lipinski definition) is 3. The number of rotatable bonds is 1.